The van der Waals surface area contributed by atoms with Gasteiger partial charge in [-0.25, -0.2) is 0 Å². The standard InChI is InChI=1S/C6H7F3N2O2/c7-6(8,9)2-3-1-5(3,11-13)4(10)12/h3H,1-2H2,(H2,10,12). The number of hydrogen-bond donors (Lipinski definition) is 1. The molecular formula is C6H7F3N2O2. The fourth-order valence-electron chi connectivity index (χ4n) is 1.30. The van der Waals surface area contributed by atoms with E-state index in [4.69, 9.17) is 5.73 Å². The van der Waals surface area contributed by atoms with Gasteiger partial charge < -0.3 is 5.73 Å². The minimum absolute atomic E-state index is 0.189. The lowest BCUT2D eigenvalue weighted by atomic mass is 10.1. The van der Waals surface area contributed by atoms with E-state index < -0.39 is 30.0 Å². The lowest BCUT2D eigenvalue weighted by Crippen LogP contribution is -2.31. The average Bonchev–Trinajstić information content (AvgIpc) is 2.60. The summed E-state index contributed by atoms with van der Waals surface area (Å²) in [6.45, 7) is 0. The summed E-state index contributed by atoms with van der Waals surface area (Å²) >= 11 is 0. The molecule has 0 aromatic rings. The minimum Gasteiger partial charge on any atom is -0.367 e. The van der Waals surface area contributed by atoms with Crippen LogP contribution >= 0.6 is 0 Å². The second-order valence-electron chi connectivity index (χ2n) is 3.10. The molecule has 2 unspecified atom stereocenters. The molecule has 2 atom stereocenters. The fraction of sp³-hybridized carbons (Fsp3) is 0.833. The topological polar surface area (TPSA) is 72.5 Å². The van der Waals surface area contributed by atoms with Crippen molar-refractivity contribution in [3.63, 3.8) is 0 Å². The molecule has 1 saturated carbocycles. The van der Waals surface area contributed by atoms with Crippen molar-refractivity contribution in [2.24, 2.45) is 16.8 Å². The number of nitroso groups, excluding NO2 is 1. The van der Waals surface area contributed by atoms with Gasteiger partial charge in [-0.1, -0.05) is 5.18 Å². The monoisotopic (exact) mass is 196 g/mol. The van der Waals surface area contributed by atoms with E-state index in [0.717, 1.165) is 0 Å². The molecule has 4 nitrogen and oxygen atoms in total. The van der Waals surface area contributed by atoms with Crippen LogP contribution in [0.3, 0.4) is 0 Å². The molecule has 1 aliphatic rings. The van der Waals surface area contributed by atoms with E-state index in [1.54, 1.807) is 0 Å². The van der Waals surface area contributed by atoms with E-state index in [2.05, 4.69) is 5.18 Å². The van der Waals surface area contributed by atoms with Crippen LogP contribution in [0.1, 0.15) is 12.8 Å². The second-order valence-corrected chi connectivity index (χ2v) is 3.10. The van der Waals surface area contributed by atoms with Crippen LogP contribution in [0.5, 0.6) is 0 Å². The Morgan fingerprint density at radius 3 is 2.38 bits per heavy atom. The molecule has 7 heteroatoms. The number of halogens is 3. The second kappa shape index (κ2) is 2.68. The van der Waals surface area contributed by atoms with Crippen LogP contribution < -0.4 is 5.73 Å². The Labute approximate surface area is 71.3 Å². The van der Waals surface area contributed by atoms with Crippen LogP contribution in [0.2, 0.25) is 0 Å². The molecule has 0 aliphatic heterocycles. The maximum atomic E-state index is 11.8. The highest BCUT2D eigenvalue weighted by molar-refractivity contribution is 5.88. The maximum Gasteiger partial charge on any atom is 0.389 e. The number of amides is 1. The highest BCUT2D eigenvalue weighted by atomic mass is 19.4. The summed E-state index contributed by atoms with van der Waals surface area (Å²) in [4.78, 5) is 20.7. The Morgan fingerprint density at radius 2 is 2.15 bits per heavy atom. The molecule has 1 aliphatic carbocycles. The van der Waals surface area contributed by atoms with Crippen LogP contribution in [0.4, 0.5) is 13.2 Å². The smallest absolute Gasteiger partial charge is 0.367 e. The molecule has 1 rings (SSSR count). The molecule has 2 N–H and O–H groups in total. The van der Waals surface area contributed by atoms with Crippen molar-refractivity contribution in [1.29, 1.82) is 0 Å². The molecule has 0 aromatic heterocycles. The van der Waals surface area contributed by atoms with Crippen LogP contribution in [0, 0.1) is 10.8 Å². The summed E-state index contributed by atoms with van der Waals surface area (Å²) < 4.78 is 35.4. The number of nitrogens with zero attached hydrogens (tertiary/aromatic N) is 1. The first-order chi connectivity index (χ1) is 5.82. The fourth-order valence-corrected chi connectivity index (χ4v) is 1.30. The quantitative estimate of drug-likeness (QED) is 0.682. The van der Waals surface area contributed by atoms with Crippen LogP contribution in [-0.2, 0) is 4.79 Å². The van der Waals surface area contributed by atoms with Crippen molar-refractivity contribution in [3.05, 3.63) is 4.91 Å². The van der Waals surface area contributed by atoms with E-state index in [0.29, 0.717) is 0 Å². The third-order valence-electron chi connectivity index (χ3n) is 2.14. The van der Waals surface area contributed by atoms with Gasteiger partial charge in [-0.3, -0.25) is 4.79 Å². The van der Waals surface area contributed by atoms with Crippen LogP contribution in [-0.4, -0.2) is 17.6 Å². The van der Waals surface area contributed by atoms with Crippen LogP contribution in [0.25, 0.3) is 0 Å². The summed E-state index contributed by atoms with van der Waals surface area (Å²) in [6, 6.07) is 0. The summed E-state index contributed by atoms with van der Waals surface area (Å²) in [5, 5.41) is 2.37. The number of carbonyl (C=O) groups is 1. The lowest BCUT2D eigenvalue weighted by Gasteiger charge is -2.06. The maximum absolute atomic E-state index is 11.8. The van der Waals surface area contributed by atoms with Gasteiger partial charge in [0.1, 0.15) is 0 Å². The number of carbonyl (C=O) groups excluding carboxylic acids is 1. The SMILES string of the molecule is NC(=O)C1(N=O)CC1CC(F)(F)F. The van der Waals surface area contributed by atoms with Crippen molar-refractivity contribution < 1.29 is 18.0 Å². The summed E-state index contributed by atoms with van der Waals surface area (Å²) in [5.41, 5.74) is 2.96. The Balaban J connectivity index is 2.61. The van der Waals surface area contributed by atoms with Crippen molar-refractivity contribution >= 4 is 5.91 Å². The lowest BCUT2D eigenvalue weighted by molar-refractivity contribution is -0.140. The van der Waals surface area contributed by atoms with Gasteiger partial charge in [0.2, 0.25) is 5.91 Å². The zero-order valence-electron chi connectivity index (χ0n) is 6.47. The van der Waals surface area contributed by atoms with Crippen LogP contribution in [0.15, 0.2) is 5.18 Å². The Morgan fingerprint density at radius 1 is 1.62 bits per heavy atom. The van der Waals surface area contributed by atoms with Gasteiger partial charge in [-0.2, -0.15) is 13.2 Å². The molecule has 0 spiro atoms. The summed E-state index contributed by atoms with van der Waals surface area (Å²) in [6.07, 6.45) is -5.75. The van der Waals surface area contributed by atoms with E-state index in [9.17, 15) is 22.9 Å². The van der Waals surface area contributed by atoms with Gasteiger partial charge >= 0.3 is 6.18 Å². The molecule has 1 fully saturated rings. The van der Waals surface area contributed by atoms with Gasteiger partial charge in [0, 0.05) is 12.3 Å². The average molecular weight is 196 g/mol. The molecule has 74 valence electrons. The molecule has 0 bridgehead atoms. The zero-order valence-corrected chi connectivity index (χ0v) is 6.47. The van der Waals surface area contributed by atoms with E-state index in [-0.39, 0.29) is 6.42 Å². The van der Waals surface area contributed by atoms with E-state index in [1.807, 2.05) is 0 Å². The Kier molecular flexibility index (Phi) is 2.05. The molecule has 13 heavy (non-hydrogen) atoms. The number of hydrogen-bond acceptors (Lipinski definition) is 3. The highest BCUT2D eigenvalue weighted by Crippen LogP contribution is 2.52. The van der Waals surface area contributed by atoms with E-state index in [1.165, 1.54) is 0 Å². The first-order valence-electron chi connectivity index (χ1n) is 3.53. The summed E-state index contributed by atoms with van der Waals surface area (Å²) in [5.74, 6) is -2.14. The molecule has 0 aromatic carbocycles. The Bertz CT molecular complexity index is 253. The third-order valence-corrected chi connectivity index (χ3v) is 2.14. The zero-order chi connectivity index (χ0) is 10.3. The molecular weight excluding hydrogens is 189 g/mol. The molecule has 0 saturated heterocycles. The molecule has 1 amide bonds. The highest BCUT2D eigenvalue weighted by Gasteiger charge is 2.64. The van der Waals surface area contributed by atoms with Crippen molar-refractivity contribution in [2.75, 3.05) is 0 Å². The van der Waals surface area contributed by atoms with Gasteiger partial charge in [-0.15, -0.1) is 4.91 Å². The number of rotatable bonds is 3. The van der Waals surface area contributed by atoms with Gasteiger partial charge in [-0.05, 0) is 6.42 Å². The normalized spacial score (nSPS) is 32.7. The Hall–Kier alpha value is -1.14. The van der Waals surface area contributed by atoms with Gasteiger partial charge in [0.05, 0.1) is 0 Å². The predicted molar refractivity (Wildman–Crippen MR) is 36.5 cm³/mol. The predicted octanol–water partition coefficient (Wildman–Crippen LogP) is 0.949. The minimum atomic E-state index is -4.38. The number of alkyl halides is 3. The summed E-state index contributed by atoms with van der Waals surface area (Å²) in [7, 11) is 0. The van der Waals surface area contributed by atoms with Gasteiger partial charge in [0.15, 0.2) is 5.54 Å². The molecule has 0 radical (unpaired) electrons. The van der Waals surface area contributed by atoms with E-state index >= 15 is 0 Å². The number of nitrogens with two attached hydrogens (primary N) is 1. The number of primary amides is 1. The third kappa shape index (κ3) is 1.78. The first-order valence-corrected chi connectivity index (χ1v) is 3.53. The van der Waals surface area contributed by atoms with Crippen molar-refractivity contribution in [3.8, 4) is 0 Å². The first kappa shape index (κ1) is 9.94. The van der Waals surface area contributed by atoms with Crippen molar-refractivity contribution in [2.45, 2.75) is 24.6 Å². The molecule has 0 heterocycles. The van der Waals surface area contributed by atoms with Gasteiger partial charge in [0.25, 0.3) is 0 Å². The largest absolute Gasteiger partial charge is 0.389 e. The van der Waals surface area contributed by atoms with Crippen molar-refractivity contribution in [1.82, 2.24) is 0 Å².